The van der Waals surface area contributed by atoms with Gasteiger partial charge in [0.05, 0.1) is 11.7 Å². The second-order valence-electron chi connectivity index (χ2n) is 4.43. The van der Waals surface area contributed by atoms with E-state index in [-0.39, 0.29) is 23.3 Å². The first-order chi connectivity index (χ1) is 7.91. The third-order valence-electron chi connectivity index (χ3n) is 2.55. The number of hydrogen-bond donors (Lipinski definition) is 3. The number of aliphatic hydroxyl groups excluding tert-OH is 1. The molecule has 0 fully saturated rings. The average molecular weight is 237 g/mol. The van der Waals surface area contributed by atoms with Crippen LogP contribution < -0.4 is 5.32 Å². The highest BCUT2D eigenvalue weighted by molar-refractivity contribution is 5.97. The summed E-state index contributed by atoms with van der Waals surface area (Å²) in [4.78, 5) is 11.9. The summed E-state index contributed by atoms with van der Waals surface area (Å²) in [5.74, 6) is -0.311. The third kappa shape index (κ3) is 3.75. The fourth-order valence-electron chi connectivity index (χ4n) is 1.71. The molecule has 4 nitrogen and oxygen atoms in total. The summed E-state index contributed by atoms with van der Waals surface area (Å²) in [6.45, 7) is 5.23. The van der Waals surface area contributed by atoms with Crippen molar-refractivity contribution in [1.29, 1.82) is 0 Å². The van der Waals surface area contributed by atoms with E-state index in [4.69, 9.17) is 0 Å². The molecule has 2 unspecified atom stereocenters. The molecule has 1 amide bonds. The van der Waals surface area contributed by atoms with E-state index < -0.39 is 6.10 Å². The van der Waals surface area contributed by atoms with Gasteiger partial charge in [0.1, 0.15) is 5.75 Å². The number of benzene rings is 1. The summed E-state index contributed by atoms with van der Waals surface area (Å²) in [6, 6.07) is 4.91. The number of phenolic OH excluding ortho intramolecular Hbond substituents is 1. The molecule has 0 heterocycles. The molecule has 0 saturated heterocycles. The number of aryl methyl sites for hydroxylation is 1. The van der Waals surface area contributed by atoms with Crippen LogP contribution in [0.2, 0.25) is 0 Å². The van der Waals surface area contributed by atoms with E-state index in [9.17, 15) is 15.0 Å². The summed E-state index contributed by atoms with van der Waals surface area (Å²) in [7, 11) is 0. The molecule has 2 atom stereocenters. The van der Waals surface area contributed by atoms with Crippen molar-refractivity contribution in [1.82, 2.24) is 5.32 Å². The Morgan fingerprint density at radius 3 is 2.65 bits per heavy atom. The number of nitrogens with one attached hydrogen (secondary N) is 1. The number of carbonyl (C=O) groups is 1. The number of phenols is 1. The van der Waals surface area contributed by atoms with E-state index in [1.165, 1.54) is 0 Å². The van der Waals surface area contributed by atoms with Crippen LogP contribution in [0.15, 0.2) is 18.2 Å². The standard InChI is InChI=1S/C13H19NO3/c1-8-5-4-6-11(12(8)16)13(17)14-9(2)7-10(3)15/h4-6,9-10,15-16H,7H2,1-3H3,(H,14,17). The van der Waals surface area contributed by atoms with Gasteiger partial charge in [-0.05, 0) is 38.8 Å². The highest BCUT2D eigenvalue weighted by atomic mass is 16.3. The predicted octanol–water partition coefficient (Wildman–Crippen LogP) is 1.59. The third-order valence-corrected chi connectivity index (χ3v) is 2.55. The van der Waals surface area contributed by atoms with E-state index in [1.807, 2.05) is 6.92 Å². The summed E-state index contributed by atoms with van der Waals surface area (Å²) in [5.41, 5.74) is 0.934. The molecule has 4 heteroatoms. The molecule has 0 bridgehead atoms. The molecule has 1 aromatic carbocycles. The molecule has 0 radical (unpaired) electrons. The first-order valence-electron chi connectivity index (χ1n) is 5.69. The minimum atomic E-state index is -0.462. The summed E-state index contributed by atoms with van der Waals surface area (Å²) >= 11 is 0. The molecular formula is C13H19NO3. The lowest BCUT2D eigenvalue weighted by Gasteiger charge is -2.16. The molecule has 3 N–H and O–H groups in total. The van der Waals surface area contributed by atoms with E-state index in [0.29, 0.717) is 12.0 Å². The Labute approximate surface area is 101 Å². The minimum absolute atomic E-state index is 0.00856. The quantitative estimate of drug-likeness (QED) is 0.744. The van der Waals surface area contributed by atoms with Gasteiger partial charge in [0, 0.05) is 6.04 Å². The molecule has 94 valence electrons. The van der Waals surface area contributed by atoms with Gasteiger partial charge in [-0.3, -0.25) is 4.79 Å². The maximum atomic E-state index is 11.9. The number of aromatic hydroxyl groups is 1. The lowest BCUT2D eigenvalue weighted by molar-refractivity contribution is 0.0920. The van der Waals surface area contributed by atoms with Crippen LogP contribution in [-0.2, 0) is 0 Å². The normalized spacial score (nSPS) is 14.1. The molecule has 17 heavy (non-hydrogen) atoms. The van der Waals surface area contributed by atoms with Gasteiger partial charge in [0.15, 0.2) is 0 Å². The first-order valence-corrected chi connectivity index (χ1v) is 5.69. The molecule has 1 aromatic rings. The summed E-state index contributed by atoms with van der Waals surface area (Å²) in [6.07, 6.45) is 0.0228. The molecule has 0 aliphatic heterocycles. The molecule has 0 aliphatic carbocycles. The van der Waals surface area contributed by atoms with Gasteiger partial charge in [-0.2, -0.15) is 0 Å². The van der Waals surface area contributed by atoms with E-state index in [1.54, 1.807) is 32.0 Å². The van der Waals surface area contributed by atoms with Crippen LogP contribution in [0.3, 0.4) is 0 Å². The Hall–Kier alpha value is -1.55. The van der Waals surface area contributed by atoms with Gasteiger partial charge in [-0.1, -0.05) is 12.1 Å². The Kier molecular flexibility index (Phi) is 4.52. The van der Waals surface area contributed by atoms with Gasteiger partial charge < -0.3 is 15.5 Å². The number of aliphatic hydroxyl groups is 1. The van der Waals surface area contributed by atoms with Crippen molar-refractivity contribution in [2.24, 2.45) is 0 Å². The Morgan fingerprint density at radius 2 is 2.06 bits per heavy atom. The van der Waals surface area contributed by atoms with E-state index in [0.717, 1.165) is 0 Å². The molecule has 0 saturated carbocycles. The van der Waals surface area contributed by atoms with Crippen LogP contribution in [0.4, 0.5) is 0 Å². The minimum Gasteiger partial charge on any atom is -0.507 e. The number of rotatable bonds is 4. The van der Waals surface area contributed by atoms with E-state index in [2.05, 4.69) is 5.32 Å². The van der Waals surface area contributed by atoms with Crippen molar-refractivity contribution in [3.05, 3.63) is 29.3 Å². The average Bonchev–Trinajstić information content (AvgIpc) is 2.20. The van der Waals surface area contributed by atoms with Crippen molar-refractivity contribution in [2.45, 2.75) is 39.3 Å². The zero-order valence-corrected chi connectivity index (χ0v) is 10.4. The largest absolute Gasteiger partial charge is 0.507 e. The Balaban J connectivity index is 2.73. The maximum Gasteiger partial charge on any atom is 0.255 e. The van der Waals surface area contributed by atoms with Crippen molar-refractivity contribution in [3.8, 4) is 5.75 Å². The van der Waals surface area contributed by atoms with Crippen molar-refractivity contribution >= 4 is 5.91 Å². The van der Waals surface area contributed by atoms with Crippen LogP contribution in [0, 0.1) is 6.92 Å². The number of hydrogen-bond acceptors (Lipinski definition) is 3. The van der Waals surface area contributed by atoms with Gasteiger partial charge in [-0.15, -0.1) is 0 Å². The van der Waals surface area contributed by atoms with Crippen molar-refractivity contribution in [3.63, 3.8) is 0 Å². The summed E-state index contributed by atoms with van der Waals surface area (Å²) in [5, 5.41) is 21.7. The van der Waals surface area contributed by atoms with Crippen LogP contribution in [0.5, 0.6) is 5.75 Å². The second-order valence-corrected chi connectivity index (χ2v) is 4.43. The van der Waals surface area contributed by atoms with Crippen LogP contribution in [-0.4, -0.2) is 28.3 Å². The number of para-hydroxylation sites is 1. The van der Waals surface area contributed by atoms with Gasteiger partial charge >= 0.3 is 0 Å². The van der Waals surface area contributed by atoms with Crippen LogP contribution >= 0.6 is 0 Å². The zero-order chi connectivity index (χ0) is 13.0. The number of amides is 1. The first kappa shape index (κ1) is 13.5. The van der Waals surface area contributed by atoms with Crippen LogP contribution in [0.25, 0.3) is 0 Å². The molecular weight excluding hydrogens is 218 g/mol. The van der Waals surface area contributed by atoms with Crippen molar-refractivity contribution in [2.75, 3.05) is 0 Å². The monoisotopic (exact) mass is 237 g/mol. The number of carbonyl (C=O) groups excluding carboxylic acids is 1. The fourth-order valence-corrected chi connectivity index (χ4v) is 1.71. The lowest BCUT2D eigenvalue weighted by Crippen LogP contribution is -2.34. The molecule has 1 rings (SSSR count). The summed E-state index contributed by atoms with van der Waals surface area (Å²) < 4.78 is 0. The second kappa shape index (κ2) is 5.68. The maximum absolute atomic E-state index is 11.9. The Morgan fingerprint density at radius 1 is 1.41 bits per heavy atom. The SMILES string of the molecule is Cc1cccc(C(=O)NC(C)CC(C)O)c1O. The highest BCUT2D eigenvalue weighted by Gasteiger charge is 2.15. The van der Waals surface area contributed by atoms with Gasteiger partial charge in [-0.25, -0.2) is 0 Å². The fraction of sp³-hybridized carbons (Fsp3) is 0.462. The lowest BCUT2D eigenvalue weighted by atomic mass is 10.1. The van der Waals surface area contributed by atoms with Crippen LogP contribution in [0.1, 0.15) is 36.2 Å². The van der Waals surface area contributed by atoms with Gasteiger partial charge in [0.2, 0.25) is 0 Å². The van der Waals surface area contributed by atoms with Gasteiger partial charge in [0.25, 0.3) is 5.91 Å². The smallest absolute Gasteiger partial charge is 0.255 e. The predicted molar refractivity (Wildman–Crippen MR) is 66.1 cm³/mol. The molecule has 0 spiro atoms. The topological polar surface area (TPSA) is 69.6 Å². The van der Waals surface area contributed by atoms with Crippen molar-refractivity contribution < 1.29 is 15.0 Å². The molecule has 0 aliphatic rings. The highest BCUT2D eigenvalue weighted by Crippen LogP contribution is 2.21. The zero-order valence-electron chi connectivity index (χ0n) is 10.4. The molecule has 0 aromatic heterocycles. The Bertz CT molecular complexity index is 402. The van der Waals surface area contributed by atoms with E-state index >= 15 is 0 Å².